The summed E-state index contributed by atoms with van der Waals surface area (Å²) >= 11 is 0. The van der Waals surface area contributed by atoms with Crippen molar-refractivity contribution in [2.24, 2.45) is 10.9 Å². The summed E-state index contributed by atoms with van der Waals surface area (Å²) in [5.74, 6) is 1.13. The highest BCUT2D eigenvalue weighted by molar-refractivity contribution is 7.90. The van der Waals surface area contributed by atoms with Gasteiger partial charge in [-0.2, -0.15) is 0 Å². The van der Waals surface area contributed by atoms with E-state index in [-0.39, 0.29) is 6.10 Å². The molecule has 2 aromatic carbocycles. The second-order valence-electron chi connectivity index (χ2n) is 8.05. The van der Waals surface area contributed by atoms with Crippen LogP contribution in [-0.2, 0) is 21.1 Å². The van der Waals surface area contributed by atoms with Gasteiger partial charge in [-0.25, -0.2) is 13.4 Å². The zero-order chi connectivity index (χ0) is 22.3. The Bertz CT molecular complexity index is 990. The molecule has 1 fully saturated rings. The quantitative estimate of drug-likeness (QED) is 0.505. The number of rotatable bonds is 7. The Hall–Kier alpha value is -2.38. The van der Waals surface area contributed by atoms with Crippen molar-refractivity contribution in [2.45, 2.75) is 44.2 Å². The fourth-order valence-electron chi connectivity index (χ4n) is 4.03. The Balaban J connectivity index is 1.66. The van der Waals surface area contributed by atoms with E-state index in [2.05, 4.69) is 34.9 Å². The molecule has 2 atom stereocenters. The van der Waals surface area contributed by atoms with Crippen molar-refractivity contribution < 1.29 is 13.2 Å². The molecule has 1 aliphatic rings. The van der Waals surface area contributed by atoms with Crippen LogP contribution in [0.25, 0.3) is 0 Å². The molecule has 0 aromatic heterocycles. The van der Waals surface area contributed by atoms with Gasteiger partial charge >= 0.3 is 0 Å². The molecule has 2 N–H and O–H groups in total. The van der Waals surface area contributed by atoms with Gasteiger partial charge in [-0.3, -0.25) is 0 Å². The fourth-order valence-corrected chi connectivity index (χ4v) is 4.99. The van der Waals surface area contributed by atoms with E-state index in [0.717, 1.165) is 49.6 Å². The van der Waals surface area contributed by atoms with Crippen LogP contribution in [-0.4, -0.2) is 40.3 Å². The molecule has 7 heteroatoms. The van der Waals surface area contributed by atoms with Crippen LogP contribution in [0.5, 0.6) is 0 Å². The summed E-state index contributed by atoms with van der Waals surface area (Å²) in [6, 6.07) is 15.8. The molecule has 2 aromatic rings. The van der Waals surface area contributed by atoms with Crippen molar-refractivity contribution in [3.8, 4) is 0 Å². The van der Waals surface area contributed by atoms with E-state index in [9.17, 15) is 8.42 Å². The first-order valence-corrected chi connectivity index (χ1v) is 12.8. The van der Waals surface area contributed by atoms with Crippen LogP contribution < -0.4 is 10.6 Å². The van der Waals surface area contributed by atoms with Gasteiger partial charge in [0.25, 0.3) is 0 Å². The third kappa shape index (κ3) is 6.55. The zero-order valence-corrected chi connectivity index (χ0v) is 19.4. The van der Waals surface area contributed by atoms with Crippen LogP contribution in [0, 0.1) is 12.8 Å². The molecule has 0 bridgehead atoms. The molecule has 1 aliphatic heterocycles. The maximum absolute atomic E-state index is 11.8. The number of nitrogens with one attached hydrogen (secondary N) is 2. The van der Waals surface area contributed by atoms with Crippen molar-refractivity contribution in [3.05, 3.63) is 65.2 Å². The van der Waals surface area contributed by atoms with Gasteiger partial charge < -0.3 is 15.4 Å². The first kappa shape index (κ1) is 23.3. The number of benzene rings is 2. The van der Waals surface area contributed by atoms with Crippen LogP contribution >= 0.6 is 0 Å². The van der Waals surface area contributed by atoms with Crippen molar-refractivity contribution in [1.29, 1.82) is 0 Å². The van der Waals surface area contributed by atoms with Crippen LogP contribution in [0.1, 0.15) is 42.6 Å². The molecule has 3 rings (SSSR count). The normalized spacial score (nSPS) is 19.8. The minimum absolute atomic E-state index is 0.0940. The smallest absolute Gasteiger partial charge is 0.191 e. The van der Waals surface area contributed by atoms with E-state index in [4.69, 9.17) is 9.73 Å². The summed E-state index contributed by atoms with van der Waals surface area (Å²) in [6.45, 7) is 6.67. The number of ether oxygens (including phenoxy) is 1. The maximum Gasteiger partial charge on any atom is 0.191 e. The van der Waals surface area contributed by atoms with E-state index < -0.39 is 9.84 Å². The molecule has 2 unspecified atom stereocenters. The van der Waals surface area contributed by atoms with E-state index in [0.29, 0.717) is 17.4 Å². The number of nitrogens with zero attached hydrogens (tertiary/aromatic N) is 1. The Morgan fingerprint density at radius 1 is 1.16 bits per heavy atom. The largest absolute Gasteiger partial charge is 0.373 e. The van der Waals surface area contributed by atoms with E-state index in [1.54, 1.807) is 6.07 Å². The maximum atomic E-state index is 11.8. The highest BCUT2D eigenvalue weighted by Gasteiger charge is 2.27. The lowest BCUT2D eigenvalue weighted by Crippen LogP contribution is -2.42. The van der Waals surface area contributed by atoms with Crippen LogP contribution in [0.2, 0.25) is 0 Å². The molecule has 0 spiro atoms. The Morgan fingerprint density at radius 3 is 2.61 bits per heavy atom. The lowest BCUT2D eigenvalue weighted by molar-refractivity contribution is -0.0265. The summed E-state index contributed by atoms with van der Waals surface area (Å²) in [4.78, 5) is 5.07. The Morgan fingerprint density at radius 2 is 1.94 bits per heavy atom. The summed E-state index contributed by atoms with van der Waals surface area (Å²) < 4.78 is 29.7. The second-order valence-corrected chi connectivity index (χ2v) is 10.0. The first-order valence-electron chi connectivity index (χ1n) is 10.9. The van der Waals surface area contributed by atoms with Crippen molar-refractivity contribution >= 4 is 15.8 Å². The van der Waals surface area contributed by atoms with E-state index >= 15 is 0 Å². The van der Waals surface area contributed by atoms with Crippen LogP contribution in [0.15, 0.2) is 58.4 Å². The van der Waals surface area contributed by atoms with Gasteiger partial charge in [0, 0.05) is 31.9 Å². The van der Waals surface area contributed by atoms with Crippen molar-refractivity contribution in [2.75, 3.05) is 26.0 Å². The summed E-state index contributed by atoms with van der Waals surface area (Å²) in [6.07, 6.45) is 3.50. The number of sulfone groups is 1. The third-order valence-electron chi connectivity index (χ3n) is 5.51. The second kappa shape index (κ2) is 10.8. The number of aliphatic imine (C=N–C) groups is 1. The van der Waals surface area contributed by atoms with Gasteiger partial charge in [0.15, 0.2) is 15.8 Å². The lowest BCUT2D eigenvalue weighted by atomic mass is 9.89. The average Bonchev–Trinajstić information content (AvgIpc) is 2.75. The molecule has 0 radical (unpaired) electrons. The molecule has 0 aliphatic carbocycles. The highest BCUT2D eigenvalue weighted by Crippen LogP contribution is 2.33. The summed E-state index contributed by atoms with van der Waals surface area (Å²) in [5.41, 5.74) is 2.95. The number of guanidine groups is 1. The van der Waals surface area contributed by atoms with Gasteiger partial charge in [-0.05, 0) is 49.4 Å². The summed E-state index contributed by atoms with van der Waals surface area (Å²) in [7, 11) is -3.21. The topological polar surface area (TPSA) is 79.8 Å². The molecule has 0 amide bonds. The van der Waals surface area contributed by atoms with Crippen molar-refractivity contribution in [3.63, 3.8) is 0 Å². The van der Waals surface area contributed by atoms with Gasteiger partial charge in [-0.15, -0.1) is 0 Å². The predicted molar refractivity (Wildman–Crippen MR) is 125 cm³/mol. The number of hydrogen-bond donors (Lipinski definition) is 2. The molecule has 168 valence electrons. The minimum Gasteiger partial charge on any atom is -0.373 e. The fraction of sp³-hybridized carbons (Fsp3) is 0.458. The van der Waals surface area contributed by atoms with Crippen molar-refractivity contribution in [1.82, 2.24) is 10.6 Å². The molecule has 6 nitrogen and oxygen atoms in total. The first-order chi connectivity index (χ1) is 14.9. The molecular formula is C24H33N3O3S. The van der Waals surface area contributed by atoms with E-state index in [1.165, 1.54) is 11.8 Å². The lowest BCUT2D eigenvalue weighted by Gasteiger charge is -2.32. The minimum atomic E-state index is -3.21. The third-order valence-corrected chi connectivity index (χ3v) is 6.76. The predicted octanol–water partition coefficient (Wildman–Crippen LogP) is 3.62. The average molecular weight is 444 g/mol. The van der Waals surface area contributed by atoms with Gasteiger partial charge in [0.2, 0.25) is 0 Å². The molecule has 1 saturated heterocycles. The monoisotopic (exact) mass is 443 g/mol. The van der Waals surface area contributed by atoms with Gasteiger partial charge in [-0.1, -0.05) is 42.5 Å². The molecule has 0 saturated carbocycles. The molecule has 1 heterocycles. The molecular weight excluding hydrogens is 410 g/mol. The van der Waals surface area contributed by atoms with E-state index in [1.807, 2.05) is 32.0 Å². The standard InChI is InChI=1S/C24H33N3O3S/c1-4-25-24(26-16-19-12-13-22(18(2)15-19)31(3,28)29)27-17-21-11-8-14-30-23(21)20-9-6-5-7-10-20/h5-7,9-10,12-13,15,21,23H,4,8,11,14,16-17H2,1-3H3,(H2,25,26,27). The summed E-state index contributed by atoms with van der Waals surface area (Å²) in [5, 5.41) is 6.77. The SMILES string of the molecule is CCNC(=NCc1ccc(S(C)(=O)=O)c(C)c1)NCC1CCCOC1c1ccccc1. The molecule has 31 heavy (non-hydrogen) atoms. The number of aryl methyl sites for hydroxylation is 1. The van der Waals surface area contributed by atoms with Gasteiger partial charge in [0.05, 0.1) is 17.5 Å². The highest BCUT2D eigenvalue weighted by atomic mass is 32.2. The van der Waals surface area contributed by atoms with Crippen LogP contribution in [0.4, 0.5) is 0 Å². The van der Waals surface area contributed by atoms with Gasteiger partial charge in [0.1, 0.15) is 0 Å². The Labute approximate surface area is 186 Å². The number of hydrogen-bond acceptors (Lipinski definition) is 4. The zero-order valence-electron chi connectivity index (χ0n) is 18.6. The van der Waals surface area contributed by atoms with Crippen LogP contribution in [0.3, 0.4) is 0 Å². The Kier molecular flexibility index (Phi) is 8.09.